The number of thiophene rings is 1. The van der Waals surface area contributed by atoms with E-state index in [1.54, 1.807) is 21.1 Å². The van der Waals surface area contributed by atoms with Crippen molar-refractivity contribution >= 4 is 40.6 Å². The predicted octanol–water partition coefficient (Wildman–Crippen LogP) is 4.37. The summed E-state index contributed by atoms with van der Waals surface area (Å²) in [7, 11) is 0. The van der Waals surface area contributed by atoms with Gasteiger partial charge >= 0.3 is 0 Å². The van der Waals surface area contributed by atoms with Gasteiger partial charge in [0.25, 0.3) is 11.6 Å². The average Bonchev–Trinajstić information content (AvgIpc) is 3.62. The average molecular weight is 549 g/mol. The largest absolute Gasteiger partial charge is 0.338 e. The SMILES string of the molecule is CC1CN(C(=O)CSc2nnc(-c3cccs3)n2-c2ccccc2)CCN1C(=O)c1ccc([N+](=O)[O-])cc1. The van der Waals surface area contributed by atoms with Crippen molar-refractivity contribution in [1.82, 2.24) is 24.6 Å². The maximum Gasteiger partial charge on any atom is 0.269 e. The second-order valence-corrected chi connectivity index (χ2v) is 10.6. The number of rotatable bonds is 7. The van der Waals surface area contributed by atoms with Gasteiger partial charge < -0.3 is 9.80 Å². The van der Waals surface area contributed by atoms with Crippen LogP contribution in [-0.2, 0) is 4.79 Å². The molecule has 0 radical (unpaired) electrons. The van der Waals surface area contributed by atoms with E-state index in [9.17, 15) is 19.7 Å². The Hall–Kier alpha value is -4.03. The van der Waals surface area contributed by atoms with Crippen molar-refractivity contribution < 1.29 is 14.5 Å². The molecule has 0 saturated carbocycles. The van der Waals surface area contributed by atoms with E-state index in [4.69, 9.17) is 0 Å². The second kappa shape index (κ2) is 11.2. The van der Waals surface area contributed by atoms with E-state index in [1.165, 1.54) is 36.0 Å². The quantitative estimate of drug-likeness (QED) is 0.191. The molecule has 2 amide bonds. The number of benzene rings is 2. The second-order valence-electron chi connectivity index (χ2n) is 8.73. The summed E-state index contributed by atoms with van der Waals surface area (Å²) in [5.41, 5.74) is 1.25. The number of piperazine rings is 1. The van der Waals surface area contributed by atoms with Crippen LogP contribution >= 0.6 is 23.1 Å². The Morgan fingerprint density at radius 1 is 1.05 bits per heavy atom. The highest BCUT2D eigenvalue weighted by molar-refractivity contribution is 7.99. The number of non-ortho nitro benzene ring substituents is 1. The molecule has 1 saturated heterocycles. The molecule has 0 N–H and O–H groups in total. The zero-order chi connectivity index (χ0) is 26.6. The van der Waals surface area contributed by atoms with Crippen molar-refractivity contribution in [2.45, 2.75) is 18.1 Å². The summed E-state index contributed by atoms with van der Waals surface area (Å²) in [6, 6.07) is 19.2. The van der Waals surface area contributed by atoms with E-state index < -0.39 is 4.92 Å². The summed E-state index contributed by atoms with van der Waals surface area (Å²) in [6.45, 7) is 3.10. The lowest BCUT2D eigenvalue weighted by atomic mass is 10.1. The molecule has 194 valence electrons. The number of amides is 2. The molecule has 0 spiro atoms. The maximum absolute atomic E-state index is 13.1. The summed E-state index contributed by atoms with van der Waals surface area (Å²) >= 11 is 2.92. The minimum Gasteiger partial charge on any atom is -0.338 e. The molecule has 1 fully saturated rings. The molecule has 4 aromatic rings. The van der Waals surface area contributed by atoms with Gasteiger partial charge in [0.1, 0.15) is 0 Å². The van der Waals surface area contributed by atoms with Crippen LogP contribution in [0.4, 0.5) is 5.69 Å². The van der Waals surface area contributed by atoms with Gasteiger partial charge in [0.2, 0.25) is 5.91 Å². The first-order chi connectivity index (χ1) is 18.4. The molecular weight excluding hydrogens is 524 g/mol. The van der Waals surface area contributed by atoms with Crippen LogP contribution in [0.15, 0.2) is 77.3 Å². The lowest BCUT2D eigenvalue weighted by Crippen LogP contribution is -2.55. The number of carbonyl (C=O) groups excluding carboxylic acids is 2. The number of carbonyl (C=O) groups is 2. The van der Waals surface area contributed by atoms with E-state index in [1.807, 2.05) is 59.3 Å². The zero-order valence-corrected chi connectivity index (χ0v) is 22.1. The Kier molecular flexibility index (Phi) is 7.52. The molecular formula is C26H24N6O4S2. The molecule has 38 heavy (non-hydrogen) atoms. The Morgan fingerprint density at radius 3 is 2.47 bits per heavy atom. The summed E-state index contributed by atoms with van der Waals surface area (Å²) in [5, 5.41) is 22.3. The monoisotopic (exact) mass is 548 g/mol. The van der Waals surface area contributed by atoms with Crippen LogP contribution < -0.4 is 0 Å². The molecule has 0 aliphatic carbocycles. The molecule has 3 heterocycles. The van der Waals surface area contributed by atoms with Crippen LogP contribution in [0.1, 0.15) is 17.3 Å². The topological polar surface area (TPSA) is 114 Å². The zero-order valence-electron chi connectivity index (χ0n) is 20.5. The number of nitrogens with zero attached hydrogens (tertiary/aromatic N) is 6. The smallest absolute Gasteiger partial charge is 0.269 e. The van der Waals surface area contributed by atoms with Crippen LogP contribution in [0.5, 0.6) is 0 Å². The summed E-state index contributed by atoms with van der Waals surface area (Å²) in [6.07, 6.45) is 0. The van der Waals surface area contributed by atoms with E-state index in [0.29, 0.717) is 30.4 Å². The van der Waals surface area contributed by atoms with Gasteiger partial charge in [0.15, 0.2) is 11.0 Å². The Labute approximate surface area is 227 Å². The number of thioether (sulfide) groups is 1. The molecule has 1 unspecified atom stereocenters. The highest BCUT2D eigenvalue weighted by Gasteiger charge is 2.31. The fraction of sp³-hybridized carbons (Fsp3) is 0.231. The fourth-order valence-corrected chi connectivity index (χ4v) is 5.89. The summed E-state index contributed by atoms with van der Waals surface area (Å²) < 4.78 is 1.97. The van der Waals surface area contributed by atoms with Crippen molar-refractivity contribution in [2.75, 3.05) is 25.4 Å². The number of nitro groups is 1. The van der Waals surface area contributed by atoms with E-state index >= 15 is 0 Å². The third-order valence-electron chi connectivity index (χ3n) is 6.28. The Balaban J connectivity index is 1.24. The summed E-state index contributed by atoms with van der Waals surface area (Å²) in [4.78, 5) is 41.0. The number of aromatic nitrogens is 3. The van der Waals surface area contributed by atoms with Gasteiger partial charge in [0, 0.05) is 49.1 Å². The van der Waals surface area contributed by atoms with Crippen molar-refractivity contribution in [3.8, 4) is 16.4 Å². The van der Waals surface area contributed by atoms with Crippen LogP contribution in [0.2, 0.25) is 0 Å². The van der Waals surface area contributed by atoms with E-state index in [0.717, 1.165) is 16.4 Å². The first kappa shape index (κ1) is 25.6. The molecule has 10 nitrogen and oxygen atoms in total. The first-order valence-electron chi connectivity index (χ1n) is 11.9. The van der Waals surface area contributed by atoms with Gasteiger partial charge in [-0.15, -0.1) is 21.5 Å². The lowest BCUT2D eigenvalue weighted by Gasteiger charge is -2.40. The van der Waals surface area contributed by atoms with Crippen molar-refractivity contribution in [2.24, 2.45) is 0 Å². The minimum absolute atomic E-state index is 0.0374. The van der Waals surface area contributed by atoms with Crippen molar-refractivity contribution in [3.05, 3.63) is 87.8 Å². The van der Waals surface area contributed by atoms with Gasteiger partial charge in [-0.25, -0.2) is 0 Å². The van der Waals surface area contributed by atoms with Crippen LogP contribution in [0, 0.1) is 10.1 Å². The molecule has 5 rings (SSSR count). The fourth-order valence-electron chi connectivity index (χ4n) is 4.33. The van der Waals surface area contributed by atoms with Crippen LogP contribution in [-0.4, -0.2) is 72.7 Å². The standard InChI is InChI=1S/C26H24N6O4S2/c1-18-16-29(13-14-30(18)25(34)19-9-11-21(12-10-19)32(35)36)23(33)17-38-26-28-27-24(22-8-5-15-37-22)31(26)20-6-3-2-4-7-20/h2-12,15,18H,13-14,16-17H2,1H3. The Morgan fingerprint density at radius 2 is 1.82 bits per heavy atom. The highest BCUT2D eigenvalue weighted by atomic mass is 32.2. The van der Waals surface area contributed by atoms with Gasteiger partial charge in [-0.2, -0.15) is 0 Å². The van der Waals surface area contributed by atoms with Gasteiger partial charge in [-0.05, 0) is 42.6 Å². The molecule has 12 heteroatoms. The lowest BCUT2D eigenvalue weighted by molar-refractivity contribution is -0.384. The third-order valence-corrected chi connectivity index (χ3v) is 8.06. The molecule has 2 aromatic carbocycles. The first-order valence-corrected chi connectivity index (χ1v) is 13.8. The van der Waals surface area contributed by atoms with Gasteiger partial charge in [0.05, 0.1) is 15.6 Å². The Bertz CT molecular complexity index is 1440. The van der Waals surface area contributed by atoms with Crippen molar-refractivity contribution in [3.63, 3.8) is 0 Å². The number of hydrogen-bond acceptors (Lipinski definition) is 8. The van der Waals surface area contributed by atoms with Gasteiger partial charge in [-0.3, -0.25) is 24.3 Å². The van der Waals surface area contributed by atoms with E-state index in [2.05, 4.69) is 10.2 Å². The number of hydrogen-bond donors (Lipinski definition) is 0. The summed E-state index contributed by atoms with van der Waals surface area (Å²) in [5.74, 6) is 0.682. The molecule has 1 aliphatic heterocycles. The van der Waals surface area contributed by atoms with Crippen LogP contribution in [0.3, 0.4) is 0 Å². The molecule has 2 aromatic heterocycles. The van der Waals surface area contributed by atoms with E-state index in [-0.39, 0.29) is 29.3 Å². The molecule has 0 bridgehead atoms. The highest BCUT2D eigenvalue weighted by Crippen LogP contribution is 2.30. The maximum atomic E-state index is 13.1. The van der Waals surface area contributed by atoms with Gasteiger partial charge in [-0.1, -0.05) is 36.0 Å². The van der Waals surface area contributed by atoms with Crippen LogP contribution in [0.25, 0.3) is 16.4 Å². The van der Waals surface area contributed by atoms with Crippen molar-refractivity contribution in [1.29, 1.82) is 0 Å². The molecule has 1 aliphatic rings. The minimum atomic E-state index is -0.495. The number of para-hydroxylation sites is 1. The predicted molar refractivity (Wildman–Crippen MR) is 146 cm³/mol. The number of nitro benzene ring substituents is 1. The normalized spacial score (nSPS) is 15.4. The third kappa shape index (κ3) is 5.31. The molecule has 1 atom stereocenters.